The summed E-state index contributed by atoms with van der Waals surface area (Å²) in [4.78, 5) is 0. The fourth-order valence-electron chi connectivity index (χ4n) is 1.31. The van der Waals surface area contributed by atoms with Crippen LogP contribution in [0.25, 0.3) is 0 Å². The lowest BCUT2D eigenvalue weighted by molar-refractivity contribution is 0.491. The van der Waals surface area contributed by atoms with E-state index < -0.39 is 12.6 Å². The van der Waals surface area contributed by atoms with Crippen molar-refractivity contribution in [3.8, 4) is 0 Å². The predicted molar refractivity (Wildman–Crippen MR) is 46.0 cm³/mol. The third-order valence-corrected chi connectivity index (χ3v) is 1.95. The summed E-state index contributed by atoms with van der Waals surface area (Å²) in [5.74, 6) is -0.146. The maximum atomic E-state index is 12.5. The molecule has 0 radical (unpaired) electrons. The Kier molecular flexibility index (Phi) is 2.41. The molecule has 0 aliphatic carbocycles. The van der Waals surface area contributed by atoms with Gasteiger partial charge in [-0.05, 0) is 17.1 Å². The monoisotopic (exact) mass is 191 g/mol. The molecule has 0 N–H and O–H groups in total. The molecule has 1 rings (SSSR count). The van der Waals surface area contributed by atoms with Crippen LogP contribution in [0.1, 0.15) is 25.3 Å². The third-order valence-electron chi connectivity index (χ3n) is 1.95. The van der Waals surface area contributed by atoms with Gasteiger partial charge in [0.15, 0.2) is 0 Å². The summed E-state index contributed by atoms with van der Waals surface area (Å²) >= 11 is 0. The molecule has 6 heteroatoms. The number of aromatic nitrogens is 2. The van der Waals surface area contributed by atoms with E-state index in [4.69, 9.17) is 0 Å². The van der Waals surface area contributed by atoms with Gasteiger partial charge in [0.25, 0.3) is 0 Å². The molecule has 1 aromatic rings. The first kappa shape index (κ1) is 10.1. The Morgan fingerprint density at radius 2 is 1.92 bits per heavy atom. The lowest BCUT2D eigenvalue weighted by Crippen LogP contribution is -2.41. The minimum Gasteiger partial charge on any atom is -0.444 e. The second-order valence-corrected chi connectivity index (χ2v) is 3.34. The van der Waals surface area contributed by atoms with E-state index in [1.807, 2.05) is 0 Å². The topological polar surface area (TPSA) is 17.8 Å². The van der Waals surface area contributed by atoms with Crippen LogP contribution in [-0.2, 0) is 7.05 Å². The average molecular weight is 191 g/mol. The van der Waals surface area contributed by atoms with Gasteiger partial charge in [-0.1, -0.05) is 13.8 Å². The van der Waals surface area contributed by atoms with Crippen LogP contribution < -0.4 is 5.59 Å². The van der Waals surface area contributed by atoms with Crippen molar-refractivity contribution >= 4 is 12.6 Å². The average Bonchev–Trinajstić information content (AvgIpc) is 2.28. The molecule has 1 aromatic heterocycles. The highest BCUT2D eigenvalue weighted by molar-refractivity contribution is 6.73. The highest BCUT2D eigenvalue weighted by Gasteiger charge is 2.32. The summed E-state index contributed by atoms with van der Waals surface area (Å²) < 4.78 is 38.4. The molecule has 0 saturated heterocycles. The SMILES string of the molecule is CC(C)c1cnn(C)c1[B-](F)(F)F. The van der Waals surface area contributed by atoms with Crippen molar-refractivity contribution in [2.45, 2.75) is 19.8 Å². The fraction of sp³-hybridized carbons (Fsp3) is 0.571. The molecular weight excluding hydrogens is 180 g/mol. The molecule has 0 amide bonds. The van der Waals surface area contributed by atoms with Crippen LogP contribution in [0.5, 0.6) is 0 Å². The summed E-state index contributed by atoms with van der Waals surface area (Å²) in [7, 11) is 1.32. The molecule has 0 saturated carbocycles. The van der Waals surface area contributed by atoms with E-state index in [1.54, 1.807) is 13.8 Å². The number of rotatable bonds is 2. The van der Waals surface area contributed by atoms with Gasteiger partial charge in [0.2, 0.25) is 0 Å². The molecule has 0 fully saturated rings. The zero-order valence-electron chi connectivity index (χ0n) is 7.76. The van der Waals surface area contributed by atoms with Gasteiger partial charge in [0.05, 0.1) is 0 Å². The van der Waals surface area contributed by atoms with E-state index in [-0.39, 0.29) is 11.5 Å². The molecule has 0 unspecified atom stereocenters. The van der Waals surface area contributed by atoms with Gasteiger partial charge >= 0.3 is 6.98 Å². The highest BCUT2D eigenvalue weighted by atomic mass is 19.4. The second kappa shape index (κ2) is 3.08. The first-order chi connectivity index (χ1) is 5.84. The Balaban J connectivity index is 3.25. The molecule has 0 atom stereocenters. The number of nitrogens with zero attached hydrogens (tertiary/aromatic N) is 2. The Labute approximate surface area is 74.8 Å². The smallest absolute Gasteiger partial charge is 0.444 e. The maximum Gasteiger partial charge on any atom is 0.527 e. The van der Waals surface area contributed by atoms with Crippen molar-refractivity contribution in [2.75, 3.05) is 0 Å². The minimum absolute atomic E-state index is 0.146. The highest BCUT2D eigenvalue weighted by Crippen LogP contribution is 2.17. The quantitative estimate of drug-likeness (QED) is 0.649. The fourth-order valence-corrected chi connectivity index (χ4v) is 1.31. The molecule has 74 valence electrons. The zero-order valence-corrected chi connectivity index (χ0v) is 7.76. The van der Waals surface area contributed by atoms with Gasteiger partial charge in [0, 0.05) is 13.2 Å². The summed E-state index contributed by atoms with van der Waals surface area (Å²) in [6.45, 7) is -1.50. The van der Waals surface area contributed by atoms with Crippen molar-refractivity contribution in [1.82, 2.24) is 9.78 Å². The van der Waals surface area contributed by atoms with Gasteiger partial charge in [-0.25, -0.2) is 0 Å². The summed E-state index contributed by atoms with van der Waals surface area (Å²) in [5, 5.41) is 3.62. The summed E-state index contributed by atoms with van der Waals surface area (Å²) in [5.41, 5.74) is -0.315. The Bertz CT molecular complexity index is 303. The van der Waals surface area contributed by atoms with Crippen LogP contribution in [-0.4, -0.2) is 16.8 Å². The van der Waals surface area contributed by atoms with E-state index in [0.717, 1.165) is 4.68 Å². The normalized spacial score (nSPS) is 12.5. The van der Waals surface area contributed by atoms with Gasteiger partial charge in [0.1, 0.15) is 0 Å². The summed E-state index contributed by atoms with van der Waals surface area (Å²) in [6, 6.07) is 0. The van der Waals surface area contributed by atoms with E-state index >= 15 is 0 Å². The van der Waals surface area contributed by atoms with E-state index in [0.29, 0.717) is 0 Å². The van der Waals surface area contributed by atoms with Crippen molar-refractivity contribution in [2.24, 2.45) is 7.05 Å². The Morgan fingerprint density at radius 1 is 1.38 bits per heavy atom. The van der Waals surface area contributed by atoms with Gasteiger partial charge in [-0.3, -0.25) is 0 Å². The van der Waals surface area contributed by atoms with Crippen molar-refractivity contribution in [1.29, 1.82) is 0 Å². The number of halogens is 3. The number of aryl methyl sites for hydroxylation is 1. The summed E-state index contributed by atoms with van der Waals surface area (Å²) in [6.07, 6.45) is 1.29. The second-order valence-electron chi connectivity index (χ2n) is 3.34. The zero-order chi connectivity index (χ0) is 10.2. The molecule has 0 aliphatic rings. The van der Waals surface area contributed by atoms with Crippen LogP contribution in [0.3, 0.4) is 0 Å². The third kappa shape index (κ3) is 1.87. The van der Waals surface area contributed by atoms with Crippen LogP contribution in [0.15, 0.2) is 6.20 Å². The number of hydrogen-bond acceptors (Lipinski definition) is 1. The number of hydrogen-bond donors (Lipinski definition) is 0. The van der Waals surface area contributed by atoms with Crippen LogP contribution >= 0.6 is 0 Å². The largest absolute Gasteiger partial charge is 0.527 e. The first-order valence-corrected chi connectivity index (χ1v) is 4.05. The van der Waals surface area contributed by atoms with Gasteiger partial charge in [-0.15, -0.1) is 0 Å². The van der Waals surface area contributed by atoms with Crippen LogP contribution in [0.2, 0.25) is 0 Å². The molecule has 13 heavy (non-hydrogen) atoms. The molecular formula is C7H11BF3N2-. The van der Waals surface area contributed by atoms with Crippen molar-refractivity contribution in [3.63, 3.8) is 0 Å². The molecule has 2 nitrogen and oxygen atoms in total. The minimum atomic E-state index is -4.95. The first-order valence-electron chi connectivity index (χ1n) is 4.05. The van der Waals surface area contributed by atoms with Gasteiger partial charge in [-0.2, -0.15) is 5.10 Å². The van der Waals surface area contributed by atoms with E-state index in [2.05, 4.69) is 5.10 Å². The maximum absolute atomic E-state index is 12.5. The molecule has 0 aromatic carbocycles. The lowest BCUT2D eigenvalue weighted by Gasteiger charge is -2.18. The van der Waals surface area contributed by atoms with Crippen molar-refractivity contribution < 1.29 is 12.9 Å². The van der Waals surface area contributed by atoms with Crippen LogP contribution in [0, 0.1) is 0 Å². The lowest BCUT2D eigenvalue weighted by atomic mass is 9.80. The Hall–Kier alpha value is -0.935. The molecule has 0 aliphatic heterocycles. The van der Waals surface area contributed by atoms with Crippen molar-refractivity contribution in [3.05, 3.63) is 11.8 Å². The molecule has 0 bridgehead atoms. The molecule has 1 heterocycles. The predicted octanol–water partition coefficient (Wildman–Crippen LogP) is 1.60. The Morgan fingerprint density at radius 3 is 2.23 bits per heavy atom. The van der Waals surface area contributed by atoms with E-state index in [9.17, 15) is 12.9 Å². The van der Waals surface area contributed by atoms with Gasteiger partial charge < -0.3 is 17.6 Å². The van der Waals surface area contributed by atoms with E-state index in [1.165, 1.54) is 13.2 Å². The molecule has 0 spiro atoms. The van der Waals surface area contributed by atoms with Crippen LogP contribution in [0.4, 0.5) is 12.9 Å². The standard InChI is InChI=1S/C7H11BF3N2/c1-5(2)6-4-12-13(3)7(6)8(9,10)11/h4-5H,1-3H3/q-1.